The predicted octanol–water partition coefficient (Wildman–Crippen LogP) is 5.14. The molecule has 3 heterocycles. The summed E-state index contributed by atoms with van der Waals surface area (Å²) in [5, 5.41) is 6.13. The molecular weight excluding hydrogens is 558 g/mol. The molecule has 4 N–H and O–H groups in total. The molecule has 220 valence electrons. The molecule has 1 aromatic carbocycles. The SMILES string of the molecule is CC(C)OC(=O)N1CCCC(Nc2ncc3nc(Nc4c(F)cc(F)cc4Cl)n(C4CCC(C(N)=O)CC4)c3n2)C1. The normalized spacial score (nSPS) is 21.2. The number of nitrogens with two attached hydrogens (primary N) is 1. The Hall–Kier alpha value is -3.74. The molecular formula is C27H33ClF2N8O3. The molecule has 2 amide bonds. The number of piperidine rings is 1. The third-order valence-electron chi connectivity index (χ3n) is 7.49. The first-order valence-electron chi connectivity index (χ1n) is 13.8. The van der Waals surface area contributed by atoms with Gasteiger partial charge in [-0.15, -0.1) is 0 Å². The number of halogens is 3. The highest BCUT2D eigenvalue weighted by molar-refractivity contribution is 6.33. The summed E-state index contributed by atoms with van der Waals surface area (Å²) in [5.74, 6) is -1.59. The maximum absolute atomic E-state index is 14.7. The third kappa shape index (κ3) is 6.45. The summed E-state index contributed by atoms with van der Waals surface area (Å²) >= 11 is 6.17. The molecule has 11 nitrogen and oxygen atoms in total. The van der Waals surface area contributed by atoms with Crippen LogP contribution in [0.3, 0.4) is 0 Å². The minimum Gasteiger partial charge on any atom is -0.447 e. The van der Waals surface area contributed by atoms with Crippen molar-refractivity contribution < 1.29 is 23.1 Å². The molecule has 41 heavy (non-hydrogen) atoms. The van der Waals surface area contributed by atoms with Crippen LogP contribution in [0.25, 0.3) is 11.2 Å². The zero-order valence-electron chi connectivity index (χ0n) is 22.9. The van der Waals surface area contributed by atoms with Crippen molar-refractivity contribution in [1.29, 1.82) is 0 Å². The number of nitrogens with zero attached hydrogens (tertiary/aromatic N) is 5. The number of ether oxygens (including phenoxy) is 1. The number of benzene rings is 1. The molecule has 1 saturated heterocycles. The number of rotatable bonds is 7. The second-order valence-electron chi connectivity index (χ2n) is 10.8. The lowest BCUT2D eigenvalue weighted by molar-refractivity contribution is -0.122. The van der Waals surface area contributed by atoms with Gasteiger partial charge in [0.25, 0.3) is 0 Å². The maximum Gasteiger partial charge on any atom is 0.410 e. The van der Waals surface area contributed by atoms with Gasteiger partial charge in [0.1, 0.15) is 11.3 Å². The molecule has 1 aliphatic heterocycles. The van der Waals surface area contributed by atoms with Crippen molar-refractivity contribution in [2.75, 3.05) is 23.7 Å². The molecule has 0 radical (unpaired) electrons. The smallest absolute Gasteiger partial charge is 0.410 e. The van der Waals surface area contributed by atoms with Gasteiger partial charge in [-0.1, -0.05) is 11.6 Å². The Balaban J connectivity index is 1.45. The van der Waals surface area contributed by atoms with Crippen molar-refractivity contribution in [3.8, 4) is 0 Å². The van der Waals surface area contributed by atoms with Crippen molar-refractivity contribution in [2.24, 2.45) is 11.7 Å². The van der Waals surface area contributed by atoms with Crippen molar-refractivity contribution in [3.05, 3.63) is 35.0 Å². The minimum atomic E-state index is -0.864. The summed E-state index contributed by atoms with van der Waals surface area (Å²) in [6.07, 6.45) is 5.04. The highest BCUT2D eigenvalue weighted by Gasteiger charge is 2.30. The van der Waals surface area contributed by atoms with Crippen LogP contribution in [-0.4, -0.2) is 61.7 Å². The van der Waals surface area contributed by atoms with Gasteiger partial charge < -0.3 is 26.0 Å². The molecule has 2 aromatic heterocycles. The molecule has 1 unspecified atom stereocenters. The van der Waals surface area contributed by atoms with E-state index in [0.717, 1.165) is 25.0 Å². The molecule has 3 aromatic rings. The van der Waals surface area contributed by atoms with Gasteiger partial charge in [-0.3, -0.25) is 9.36 Å². The van der Waals surface area contributed by atoms with Gasteiger partial charge in [0.15, 0.2) is 11.5 Å². The highest BCUT2D eigenvalue weighted by atomic mass is 35.5. The summed E-state index contributed by atoms with van der Waals surface area (Å²) in [6.45, 7) is 4.68. The minimum absolute atomic E-state index is 0.0898. The van der Waals surface area contributed by atoms with Crippen LogP contribution in [0.1, 0.15) is 58.4 Å². The zero-order valence-corrected chi connectivity index (χ0v) is 23.6. The fourth-order valence-electron chi connectivity index (χ4n) is 5.51. The van der Waals surface area contributed by atoms with Crippen LogP contribution in [0.2, 0.25) is 5.02 Å². The summed E-state index contributed by atoms with van der Waals surface area (Å²) in [4.78, 5) is 39.7. The largest absolute Gasteiger partial charge is 0.447 e. The van der Waals surface area contributed by atoms with Crippen LogP contribution in [0, 0.1) is 17.6 Å². The zero-order chi connectivity index (χ0) is 29.3. The van der Waals surface area contributed by atoms with Gasteiger partial charge in [-0.05, 0) is 58.4 Å². The Kier molecular flexibility index (Phi) is 8.43. The molecule has 1 aliphatic carbocycles. The van der Waals surface area contributed by atoms with E-state index in [1.165, 1.54) is 0 Å². The number of primary amides is 1. The third-order valence-corrected chi connectivity index (χ3v) is 7.79. The number of carbonyl (C=O) groups is 2. The van der Waals surface area contributed by atoms with Crippen LogP contribution >= 0.6 is 11.6 Å². The summed E-state index contributed by atoms with van der Waals surface area (Å²) in [7, 11) is 0. The number of amides is 2. The number of likely N-dealkylation sites (tertiary alicyclic amines) is 1. The fraction of sp³-hybridized carbons (Fsp3) is 0.519. The number of hydrogen-bond acceptors (Lipinski definition) is 8. The molecule has 2 fully saturated rings. The number of fused-ring (bicyclic) bond motifs is 1. The van der Waals surface area contributed by atoms with E-state index in [1.807, 2.05) is 18.4 Å². The number of aromatic nitrogens is 4. The van der Waals surface area contributed by atoms with Crippen LogP contribution < -0.4 is 16.4 Å². The standard InChI is InChI=1S/C27H33ClF2N8O3/c1-14(2)41-27(40)37-9-3-4-17(13-37)33-25-32-12-21-24(36-25)38(18-7-5-15(6-8-18)23(31)39)26(34-21)35-22-19(28)10-16(29)11-20(22)30/h10-12,14-15,17-18H,3-9,13H2,1-2H3,(H2,31,39)(H,34,35)(H,32,33,36). The van der Waals surface area contributed by atoms with Crippen molar-refractivity contribution in [2.45, 2.75) is 70.6 Å². The molecule has 0 bridgehead atoms. The Bertz CT molecular complexity index is 1420. The van der Waals surface area contributed by atoms with E-state index in [1.54, 1.807) is 11.1 Å². The quantitative estimate of drug-likeness (QED) is 0.344. The molecule has 1 saturated carbocycles. The number of imidazole rings is 1. The van der Waals surface area contributed by atoms with Crippen molar-refractivity contribution in [3.63, 3.8) is 0 Å². The Morgan fingerprint density at radius 2 is 1.90 bits per heavy atom. The van der Waals surface area contributed by atoms with E-state index in [0.29, 0.717) is 55.9 Å². The maximum atomic E-state index is 14.7. The van der Waals surface area contributed by atoms with Crippen LogP contribution in [0.5, 0.6) is 0 Å². The number of carbonyl (C=O) groups excluding carboxylic acids is 2. The highest BCUT2D eigenvalue weighted by Crippen LogP contribution is 2.38. The van der Waals surface area contributed by atoms with E-state index in [9.17, 15) is 18.4 Å². The summed E-state index contributed by atoms with van der Waals surface area (Å²) in [6, 6.07) is 1.54. The first kappa shape index (κ1) is 28.8. The molecule has 2 aliphatic rings. The Morgan fingerprint density at radius 3 is 2.59 bits per heavy atom. The van der Waals surface area contributed by atoms with Gasteiger partial charge in [-0.25, -0.2) is 23.5 Å². The van der Waals surface area contributed by atoms with E-state index in [-0.39, 0.29) is 52.8 Å². The Labute approximate surface area is 240 Å². The van der Waals surface area contributed by atoms with Gasteiger partial charge in [0.05, 0.1) is 23.0 Å². The Morgan fingerprint density at radius 1 is 1.15 bits per heavy atom. The van der Waals surface area contributed by atoms with Gasteiger partial charge >= 0.3 is 6.09 Å². The fourth-order valence-corrected chi connectivity index (χ4v) is 5.75. The lowest BCUT2D eigenvalue weighted by Crippen LogP contribution is -2.46. The lowest BCUT2D eigenvalue weighted by atomic mass is 9.85. The number of nitrogens with one attached hydrogen (secondary N) is 2. The van der Waals surface area contributed by atoms with Crippen LogP contribution in [-0.2, 0) is 9.53 Å². The molecule has 14 heteroatoms. The second-order valence-corrected chi connectivity index (χ2v) is 11.3. The average Bonchev–Trinajstić information content (AvgIpc) is 3.27. The van der Waals surface area contributed by atoms with Crippen LogP contribution in [0.15, 0.2) is 18.3 Å². The first-order chi connectivity index (χ1) is 19.6. The van der Waals surface area contributed by atoms with Crippen molar-refractivity contribution >= 4 is 52.3 Å². The van der Waals surface area contributed by atoms with Crippen molar-refractivity contribution in [1.82, 2.24) is 24.4 Å². The van der Waals surface area contributed by atoms with E-state index in [4.69, 9.17) is 27.1 Å². The lowest BCUT2D eigenvalue weighted by Gasteiger charge is -2.33. The molecule has 1 atom stereocenters. The molecule has 0 spiro atoms. The summed E-state index contributed by atoms with van der Waals surface area (Å²) < 4.78 is 35.6. The second kappa shape index (κ2) is 12.0. The van der Waals surface area contributed by atoms with Crippen LogP contribution in [0.4, 0.5) is 31.2 Å². The van der Waals surface area contributed by atoms with Gasteiger partial charge in [-0.2, -0.15) is 4.98 Å². The van der Waals surface area contributed by atoms with E-state index in [2.05, 4.69) is 20.6 Å². The summed E-state index contributed by atoms with van der Waals surface area (Å²) in [5.41, 5.74) is 6.38. The van der Waals surface area contributed by atoms with E-state index < -0.39 is 11.6 Å². The number of anilines is 3. The van der Waals surface area contributed by atoms with Gasteiger partial charge in [0, 0.05) is 37.2 Å². The first-order valence-corrected chi connectivity index (χ1v) is 14.1. The number of hydrogen-bond donors (Lipinski definition) is 3. The monoisotopic (exact) mass is 590 g/mol. The average molecular weight is 591 g/mol. The molecule has 5 rings (SSSR count). The predicted molar refractivity (Wildman–Crippen MR) is 150 cm³/mol. The topological polar surface area (TPSA) is 140 Å². The van der Waals surface area contributed by atoms with Gasteiger partial charge in [0.2, 0.25) is 17.8 Å². The van der Waals surface area contributed by atoms with E-state index >= 15 is 0 Å².